The lowest BCUT2D eigenvalue weighted by atomic mass is 10.0. The Morgan fingerprint density at radius 2 is 2.15 bits per heavy atom. The van der Waals surface area contributed by atoms with Gasteiger partial charge in [-0.15, -0.1) is 0 Å². The summed E-state index contributed by atoms with van der Waals surface area (Å²) >= 11 is 0. The van der Waals surface area contributed by atoms with Crippen LogP contribution in [-0.4, -0.2) is 54.2 Å². The molecule has 112 valence electrons. The second-order valence-electron chi connectivity index (χ2n) is 5.33. The first-order valence-electron chi connectivity index (χ1n) is 7.11. The molecule has 2 amide bonds. The molecule has 0 unspecified atom stereocenters. The van der Waals surface area contributed by atoms with E-state index in [-0.39, 0.29) is 17.9 Å². The molecule has 1 atom stereocenters. The SMILES string of the molecule is CCC1=NO[C@H](C(=O)NC2CCN(CC(N)=O)CC2)C1. The van der Waals surface area contributed by atoms with E-state index >= 15 is 0 Å². The molecular weight excluding hydrogens is 260 g/mol. The highest BCUT2D eigenvalue weighted by molar-refractivity contribution is 5.92. The van der Waals surface area contributed by atoms with Crippen molar-refractivity contribution in [2.75, 3.05) is 19.6 Å². The van der Waals surface area contributed by atoms with E-state index < -0.39 is 6.10 Å². The lowest BCUT2D eigenvalue weighted by molar-refractivity contribution is -0.132. The van der Waals surface area contributed by atoms with Crippen molar-refractivity contribution in [2.24, 2.45) is 10.9 Å². The molecule has 2 aliphatic heterocycles. The Hall–Kier alpha value is -1.63. The molecule has 7 heteroatoms. The molecule has 3 N–H and O–H groups in total. The van der Waals surface area contributed by atoms with E-state index in [0.29, 0.717) is 13.0 Å². The second kappa shape index (κ2) is 6.69. The standard InChI is InChI=1S/C13H22N4O3/c1-2-9-7-11(20-16-9)13(19)15-10-3-5-17(6-4-10)8-12(14)18/h10-11H,2-8H2,1H3,(H2,14,18)(H,15,19)/t11-/m0/s1. The van der Waals surface area contributed by atoms with Crippen LogP contribution in [0.5, 0.6) is 0 Å². The van der Waals surface area contributed by atoms with Gasteiger partial charge in [-0.3, -0.25) is 14.5 Å². The number of nitrogens with one attached hydrogen (secondary N) is 1. The first-order chi connectivity index (χ1) is 9.58. The van der Waals surface area contributed by atoms with E-state index in [1.165, 1.54) is 0 Å². The smallest absolute Gasteiger partial charge is 0.264 e. The zero-order valence-corrected chi connectivity index (χ0v) is 11.8. The monoisotopic (exact) mass is 282 g/mol. The minimum absolute atomic E-state index is 0.0921. The Morgan fingerprint density at radius 3 is 2.70 bits per heavy atom. The van der Waals surface area contributed by atoms with Gasteiger partial charge in [-0.25, -0.2) is 0 Å². The quantitative estimate of drug-likeness (QED) is 0.717. The molecule has 0 aromatic heterocycles. The van der Waals surface area contributed by atoms with Crippen LogP contribution in [-0.2, 0) is 14.4 Å². The highest BCUT2D eigenvalue weighted by Gasteiger charge is 2.30. The van der Waals surface area contributed by atoms with Crippen LogP contribution in [0.25, 0.3) is 0 Å². The molecule has 20 heavy (non-hydrogen) atoms. The topological polar surface area (TPSA) is 97.0 Å². The number of hydrogen-bond donors (Lipinski definition) is 2. The van der Waals surface area contributed by atoms with Gasteiger partial charge < -0.3 is 15.9 Å². The lowest BCUT2D eigenvalue weighted by Crippen LogP contribution is -2.48. The zero-order valence-electron chi connectivity index (χ0n) is 11.8. The average molecular weight is 282 g/mol. The van der Waals surface area contributed by atoms with E-state index in [4.69, 9.17) is 10.6 Å². The van der Waals surface area contributed by atoms with Gasteiger partial charge in [-0.05, 0) is 19.3 Å². The van der Waals surface area contributed by atoms with Crippen LogP contribution in [0.2, 0.25) is 0 Å². The van der Waals surface area contributed by atoms with Crippen LogP contribution >= 0.6 is 0 Å². The van der Waals surface area contributed by atoms with E-state index in [1.54, 1.807) is 0 Å². The minimum Gasteiger partial charge on any atom is -0.382 e. The molecule has 2 aliphatic rings. The largest absolute Gasteiger partial charge is 0.382 e. The highest BCUT2D eigenvalue weighted by atomic mass is 16.6. The van der Waals surface area contributed by atoms with Crippen molar-refractivity contribution in [3.8, 4) is 0 Å². The van der Waals surface area contributed by atoms with Crippen molar-refractivity contribution in [3.05, 3.63) is 0 Å². The third kappa shape index (κ3) is 3.93. The van der Waals surface area contributed by atoms with Crippen molar-refractivity contribution in [1.29, 1.82) is 0 Å². The first-order valence-corrected chi connectivity index (χ1v) is 7.11. The molecule has 0 radical (unpaired) electrons. The molecule has 2 rings (SSSR count). The van der Waals surface area contributed by atoms with Gasteiger partial charge >= 0.3 is 0 Å². The Morgan fingerprint density at radius 1 is 1.45 bits per heavy atom. The van der Waals surface area contributed by atoms with Gasteiger partial charge in [0.2, 0.25) is 12.0 Å². The molecule has 0 aromatic rings. The summed E-state index contributed by atoms with van der Waals surface area (Å²) in [6, 6.07) is 0.140. The molecule has 7 nitrogen and oxygen atoms in total. The number of amides is 2. The van der Waals surface area contributed by atoms with E-state index in [2.05, 4.69) is 10.5 Å². The number of likely N-dealkylation sites (tertiary alicyclic amines) is 1. The van der Waals surface area contributed by atoms with Crippen LogP contribution in [0.3, 0.4) is 0 Å². The number of hydrogen-bond acceptors (Lipinski definition) is 5. The number of primary amides is 1. The predicted octanol–water partition coefficient (Wildman–Crippen LogP) is -0.393. The van der Waals surface area contributed by atoms with Crippen molar-refractivity contribution in [3.63, 3.8) is 0 Å². The van der Waals surface area contributed by atoms with Gasteiger partial charge in [-0.2, -0.15) is 0 Å². The predicted molar refractivity (Wildman–Crippen MR) is 74.0 cm³/mol. The molecule has 0 bridgehead atoms. The normalized spacial score (nSPS) is 24.1. The summed E-state index contributed by atoms with van der Waals surface area (Å²) in [6.07, 6.45) is 2.58. The molecular formula is C13H22N4O3. The van der Waals surface area contributed by atoms with E-state index in [0.717, 1.165) is 38.1 Å². The summed E-state index contributed by atoms with van der Waals surface area (Å²) in [4.78, 5) is 30.0. The molecule has 1 saturated heterocycles. The third-order valence-corrected chi connectivity index (χ3v) is 3.74. The van der Waals surface area contributed by atoms with Gasteiger partial charge in [0.05, 0.1) is 12.3 Å². The third-order valence-electron chi connectivity index (χ3n) is 3.74. The maximum atomic E-state index is 12.0. The fourth-order valence-electron chi connectivity index (χ4n) is 2.53. The van der Waals surface area contributed by atoms with Crippen LogP contribution in [0.15, 0.2) is 5.16 Å². The molecule has 0 aliphatic carbocycles. The Labute approximate surface area is 118 Å². The minimum atomic E-state index is -0.478. The van der Waals surface area contributed by atoms with Gasteiger partial charge in [0, 0.05) is 25.6 Å². The molecule has 0 spiro atoms. The summed E-state index contributed by atoms with van der Waals surface area (Å²) < 4.78 is 0. The second-order valence-corrected chi connectivity index (χ2v) is 5.33. The number of carbonyl (C=O) groups is 2. The summed E-state index contributed by atoms with van der Waals surface area (Å²) in [6.45, 7) is 3.84. The number of piperidine rings is 1. The van der Waals surface area contributed by atoms with Crippen molar-refractivity contribution in [1.82, 2.24) is 10.2 Å². The maximum Gasteiger partial charge on any atom is 0.264 e. The molecule has 0 aromatic carbocycles. The average Bonchev–Trinajstić information content (AvgIpc) is 2.89. The number of rotatable bonds is 5. The number of nitrogens with two attached hydrogens (primary N) is 1. The summed E-state index contributed by atoms with van der Waals surface area (Å²) in [5, 5.41) is 6.89. The molecule has 0 saturated carbocycles. The van der Waals surface area contributed by atoms with Crippen molar-refractivity contribution >= 4 is 17.5 Å². The summed E-state index contributed by atoms with van der Waals surface area (Å²) in [5.41, 5.74) is 6.10. The van der Waals surface area contributed by atoms with Gasteiger partial charge in [-0.1, -0.05) is 12.1 Å². The Bertz CT molecular complexity index is 402. The first kappa shape index (κ1) is 14.8. The molecule has 2 heterocycles. The fourth-order valence-corrected chi connectivity index (χ4v) is 2.53. The van der Waals surface area contributed by atoms with Gasteiger partial charge in [0.15, 0.2) is 0 Å². The van der Waals surface area contributed by atoms with Crippen LogP contribution in [0.1, 0.15) is 32.6 Å². The summed E-state index contributed by atoms with van der Waals surface area (Å²) in [7, 11) is 0. The maximum absolute atomic E-state index is 12.0. The molecule has 1 fully saturated rings. The van der Waals surface area contributed by atoms with E-state index in [1.807, 2.05) is 11.8 Å². The van der Waals surface area contributed by atoms with Crippen LogP contribution in [0, 0.1) is 0 Å². The van der Waals surface area contributed by atoms with Crippen LogP contribution < -0.4 is 11.1 Å². The van der Waals surface area contributed by atoms with E-state index in [9.17, 15) is 9.59 Å². The number of oxime groups is 1. The Balaban J connectivity index is 1.70. The number of carbonyl (C=O) groups excluding carboxylic acids is 2. The van der Waals surface area contributed by atoms with Crippen molar-refractivity contribution in [2.45, 2.75) is 44.8 Å². The summed E-state index contributed by atoms with van der Waals surface area (Å²) in [5.74, 6) is -0.401. The number of nitrogens with zero attached hydrogens (tertiary/aromatic N) is 2. The van der Waals surface area contributed by atoms with Gasteiger partial charge in [0.25, 0.3) is 5.91 Å². The van der Waals surface area contributed by atoms with Gasteiger partial charge in [0.1, 0.15) is 0 Å². The zero-order chi connectivity index (χ0) is 14.5. The Kier molecular flexibility index (Phi) is 4.94. The lowest BCUT2D eigenvalue weighted by Gasteiger charge is -2.31. The fraction of sp³-hybridized carbons (Fsp3) is 0.769. The van der Waals surface area contributed by atoms with Crippen LogP contribution in [0.4, 0.5) is 0 Å². The van der Waals surface area contributed by atoms with Crippen molar-refractivity contribution < 1.29 is 14.4 Å². The highest BCUT2D eigenvalue weighted by Crippen LogP contribution is 2.15.